The molecule has 0 N–H and O–H groups in total. The molecule has 0 saturated heterocycles. The van der Waals surface area contributed by atoms with E-state index in [-0.39, 0.29) is 0 Å². The molecule has 0 amide bonds. The molecule has 0 unspecified atom stereocenters. The lowest BCUT2D eigenvalue weighted by Gasteiger charge is -2.26. The third kappa shape index (κ3) is 4.65. The van der Waals surface area contributed by atoms with Crippen LogP contribution in [0.1, 0.15) is 0 Å². The number of hydrogen-bond donors (Lipinski definition) is 0. The van der Waals surface area contributed by atoms with E-state index in [0.29, 0.717) is 0 Å². The SMILES string of the molecule is c1cc(-c2ccc3c(c2)oc2ccccc23)cc(N(c2ccc(-c3ccc4oc5ccccc5c4c3)cc2)c2ccc3c(c2)sc2ccccc23)c1. The van der Waals surface area contributed by atoms with E-state index in [9.17, 15) is 0 Å². The first-order valence-electron chi connectivity index (χ1n) is 17.5. The number of nitrogens with zero attached hydrogens (tertiary/aromatic N) is 1. The van der Waals surface area contributed by atoms with Crippen molar-refractivity contribution in [2.45, 2.75) is 0 Å². The summed E-state index contributed by atoms with van der Waals surface area (Å²) < 4.78 is 14.9. The fourth-order valence-electron chi connectivity index (χ4n) is 7.74. The Morgan fingerprint density at radius 2 is 0.865 bits per heavy atom. The number of fused-ring (bicyclic) bond motifs is 9. The van der Waals surface area contributed by atoms with Gasteiger partial charge in [0.05, 0.1) is 0 Å². The molecule has 0 bridgehead atoms. The summed E-state index contributed by atoms with van der Waals surface area (Å²) >= 11 is 1.84. The highest BCUT2D eigenvalue weighted by Gasteiger charge is 2.17. The van der Waals surface area contributed by atoms with Crippen molar-refractivity contribution in [1.29, 1.82) is 0 Å². The Bertz CT molecular complexity index is 3150. The second-order valence-corrected chi connectivity index (χ2v) is 14.4. The third-order valence-corrected chi connectivity index (χ3v) is 11.4. The van der Waals surface area contributed by atoms with Gasteiger partial charge in [-0.05, 0) is 101 Å². The molecular formula is C48H29NO2S. The highest BCUT2D eigenvalue weighted by Crippen LogP contribution is 2.42. The second-order valence-electron chi connectivity index (χ2n) is 13.3. The molecule has 52 heavy (non-hydrogen) atoms. The molecule has 11 aromatic rings. The predicted molar refractivity (Wildman–Crippen MR) is 219 cm³/mol. The average molecular weight is 684 g/mol. The van der Waals surface area contributed by atoms with E-state index in [1.54, 1.807) is 0 Å². The number of rotatable bonds is 5. The van der Waals surface area contributed by atoms with Gasteiger partial charge >= 0.3 is 0 Å². The summed E-state index contributed by atoms with van der Waals surface area (Å²) in [5, 5.41) is 7.13. The van der Waals surface area contributed by atoms with Crippen LogP contribution in [0.4, 0.5) is 17.1 Å². The van der Waals surface area contributed by atoms with Crippen LogP contribution in [-0.2, 0) is 0 Å². The molecule has 3 heterocycles. The van der Waals surface area contributed by atoms with E-state index in [1.165, 1.54) is 20.2 Å². The quantitative estimate of drug-likeness (QED) is 0.181. The van der Waals surface area contributed by atoms with Crippen LogP contribution in [0, 0.1) is 0 Å². The average Bonchev–Trinajstić information content (AvgIpc) is 3.89. The van der Waals surface area contributed by atoms with Gasteiger partial charge in [0.25, 0.3) is 0 Å². The van der Waals surface area contributed by atoms with Crippen molar-refractivity contribution < 1.29 is 8.83 Å². The Kier molecular flexibility index (Phi) is 6.42. The van der Waals surface area contributed by atoms with Crippen LogP contribution in [-0.4, -0.2) is 0 Å². The van der Waals surface area contributed by atoms with Crippen molar-refractivity contribution in [2.75, 3.05) is 4.90 Å². The van der Waals surface area contributed by atoms with Gasteiger partial charge in [-0.15, -0.1) is 11.3 Å². The minimum atomic E-state index is 0.897. The maximum atomic E-state index is 6.27. The number of thiophene rings is 1. The lowest BCUT2D eigenvalue weighted by Crippen LogP contribution is -2.09. The van der Waals surface area contributed by atoms with E-state index in [4.69, 9.17) is 8.83 Å². The Labute approximate surface area is 303 Å². The van der Waals surface area contributed by atoms with Crippen LogP contribution in [0.25, 0.3) is 86.3 Å². The van der Waals surface area contributed by atoms with Gasteiger partial charge in [-0.25, -0.2) is 0 Å². The summed E-state index contributed by atoms with van der Waals surface area (Å²) in [7, 11) is 0. The molecule has 244 valence electrons. The molecule has 0 spiro atoms. The van der Waals surface area contributed by atoms with E-state index >= 15 is 0 Å². The number of furan rings is 2. The molecule has 0 aliphatic rings. The van der Waals surface area contributed by atoms with Gasteiger partial charge in [0.15, 0.2) is 0 Å². The van der Waals surface area contributed by atoms with Crippen LogP contribution < -0.4 is 4.90 Å². The Balaban J connectivity index is 1.03. The zero-order valence-corrected chi connectivity index (χ0v) is 28.7. The molecular weight excluding hydrogens is 655 g/mol. The molecule has 4 heteroatoms. The molecule has 11 rings (SSSR count). The summed E-state index contributed by atoms with van der Waals surface area (Å²) in [6.45, 7) is 0. The van der Waals surface area contributed by atoms with Crippen LogP contribution in [0.3, 0.4) is 0 Å². The van der Waals surface area contributed by atoms with E-state index in [2.05, 4.69) is 157 Å². The zero-order chi connectivity index (χ0) is 34.2. The largest absolute Gasteiger partial charge is 0.456 e. The number of benzene rings is 8. The molecule has 0 radical (unpaired) electrons. The van der Waals surface area contributed by atoms with Gasteiger partial charge < -0.3 is 13.7 Å². The Hall–Kier alpha value is -6.62. The van der Waals surface area contributed by atoms with Crippen molar-refractivity contribution in [2.24, 2.45) is 0 Å². The maximum absolute atomic E-state index is 6.27. The molecule has 0 aliphatic heterocycles. The monoisotopic (exact) mass is 683 g/mol. The Morgan fingerprint density at radius 3 is 1.71 bits per heavy atom. The van der Waals surface area contributed by atoms with Gasteiger partial charge in [0, 0.05) is 58.8 Å². The van der Waals surface area contributed by atoms with Crippen molar-refractivity contribution >= 4 is 92.4 Å². The minimum Gasteiger partial charge on any atom is -0.456 e. The summed E-state index contributed by atoms with van der Waals surface area (Å²) in [6.07, 6.45) is 0. The highest BCUT2D eigenvalue weighted by atomic mass is 32.1. The van der Waals surface area contributed by atoms with Crippen molar-refractivity contribution in [1.82, 2.24) is 0 Å². The van der Waals surface area contributed by atoms with Crippen LogP contribution >= 0.6 is 11.3 Å². The first-order valence-corrected chi connectivity index (χ1v) is 18.3. The van der Waals surface area contributed by atoms with E-state index in [1.807, 2.05) is 35.6 Å². The molecule has 8 aromatic carbocycles. The molecule has 3 aromatic heterocycles. The maximum Gasteiger partial charge on any atom is 0.136 e. The number of hydrogen-bond acceptors (Lipinski definition) is 4. The number of anilines is 3. The lowest BCUT2D eigenvalue weighted by molar-refractivity contribution is 0.668. The minimum absolute atomic E-state index is 0.897. The first-order chi connectivity index (χ1) is 25.7. The fraction of sp³-hybridized carbons (Fsp3) is 0. The molecule has 0 saturated carbocycles. The first kappa shape index (κ1) is 29.1. The highest BCUT2D eigenvalue weighted by molar-refractivity contribution is 7.25. The van der Waals surface area contributed by atoms with Gasteiger partial charge in [-0.2, -0.15) is 0 Å². The van der Waals surface area contributed by atoms with E-state index in [0.717, 1.165) is 83.2 Å². The lowest BCUT2D eigenvalue weighted by atomic mass is 10.0. The topological polar surface area (TPSA) is 29.5 Å². The molecule has 3 nitrogen and oxygen atoms in total. The summed E-state index contributed by atoms with van der Waals surface area (Å²) in [5.41, 5.74) is 11.5. The molecule has 0 fully saturated rings. The number of para-hydroxylation sites is 2. The summed E-state index contributed by atoms with van der Waals surface area (Å²) in [4.78, 5) is 2.36. The van der Waals surface area contributed by atoms with Crippen LogP contribution in [0.2, 0.25) is 0 Å². The second kappa shape index (κ2) is 11.5. The van der Waals surface area contributed by atoms with Crippen molar-refractivity contribution in [3.63, 3.8) is 0 Å². The fourth-order valence-corrected chi connectivity index (χ4v) is 8.88. The van der Waals surface area contributed by atoms with Crippen LogP contribution in [0.15, 0.2) is 185 Å². The van der Waals surface area contributed by atoms with Crippen molar-refractivity contribution in [3.8, 4) is 22.3 Å². The summed E-state index contributed by atoms with van der Waals surface area (Å²) in [6, 6.07) is 62.7. The van der Waals surface area contributed by atoms with E-state index < -0.39 is 0 Å². The third-order valence-electron chi connectivity index (χ3n) is 10.3. The standard InChI is InChI=1S/C48H29NO2S/c1-4-13-43-37(10-1)39-23-18-33(28-46(39)51-43)31-8-7-9-35(26-31)49(36-22-24-41-40-12-3-6-15-47(40)52-48(41)29-36)34-20-16-30(17-21-34)32-19-25-45-42(27-32)38-11-2-5-14-44(38)50-45/h1-29H. The molecule has 0 aliphatic carbocycles. The predicted octanol–water partition coefficient (Wildman–Crippen LogP) is 14.7. The normalized spacial score (nSPS) is 11.8. The molecule has 0 atom stereocenters. The van der Waals surface area contributed by atoms with Crippen molar-refractivity contribution in [3.05, 3.63) is 176 Å². The smallest absolute Gasteiger partial charge is 0.136 e. The van der Waals surface area contributed by atoms with Gasteiger partial charge in [-0.1, -0.05) is 97.1 Å². The van der Waals surface area contributed by atoms with Crippen LogP contribution in [0.5, 0.6) is 0 Å². The Morgan fingerprint density at radius 1 is 0.308 bits per heavy atom. The summed E-state index contributed by atoms with van der Waals surface area (Å²) in [5.74, 6) is 0. The zero-order valence-electron chi connectivity index (χ0n) is 27.9. The van der Waals surface area contributed by atoms with Gasteiger partial charge in [0.2, 0.25) is 0 Å². The van der Waals surface area contributed by atoms with Gasteiger partial charge in [0.1, 0.15) is 22.3 Å². The van der Waals surface area contributed by atoms with Gasteiger partial charge in [-0.3, -0.25) is 0 Å².